The molecule has 2 rings (SSSR count). The SMILES string of the molecule is C/C(=N\NC(=O)C(=O)Nc1ccccc1F)c1ccncc1. The van der Waals surface area contributed by atoms with E-state index in [1.54, 1.807) is 37.5 Å². The Kier molecular flexibility index (Phi) is 4.92. The monoisotopic (exact) mass is 300 g/mol. The van der Waals surface area contributed by atoms with Crippen LogP contribution in [0.25, 0.3) is 0 Å². The minimum absolute atomic E-state index is 0.0718. The minimum Gasteiger partial charge on any atom is -0.315 e. The van der Waals surface area contributed by atoms with Crippen LogP contribution in [-0.4, -0.2) is 22.5 Å². The fourth-order valence-corrected chi connectivity index (χ4v) is 1.58. The zero-order chi connectivity index (χ0) is 15.9. The van der Waals surface area contributed by atoms with Gasteiger partial charge in [-0.1, -0.05) is 12.1 Å². The molecule has 0 spiro atoms. The molecular weight excluding hydrogens is 287 g/mol. The first-order valence-corrected chi connectivity index (χ1v) is 6.38. The van der Waals surface area contributed by atoms with Gasteiger partial charge in [-0.05, 0) is 31.2 Å². The smallest absolute Gasteiger partial charge is 0.315 e. The Morgan fingerprint density at radius 2 is 1.77 bits per heavy atom. The minimum atomic E-state index is -1.00. The number of hydrogen-bond donors (Lipinski definition) is 2. The molecule has 0 saturated carbocycles. The maximum absolute atomic E-state index is 13.4. The predicted molar refractivity (Wildman–Crippen MR) is 79.6 cm³/mol. The molecule has 0 unspecified atom stereocenters. The van der Waals surface area contributed by atoms with E-state index in [4.69, 9.17) is 0 Å². The van der Waals surface area contributed by atoms with Crippen molar-refractivity contribution in [2.24, 2.45) is 5.10 Å². The molecule has 0 aliphatic carbocycles. The van der Waals surface area contributed by atoms with Gasteiger partial charge >= 0.3 is 11.8 Å². The number of carbonyl (C=O) groups excluding carboxylic acids is 2. The van der Waals surface area contributed by atoms with E-state index >= 15 is 0 Å². The number of hydrazone groups is 1. The lowest BCUT2D eigenvalue weighted by Gasteiger charge is -2.05. The maximum Gasteiger partial charge on any atom is 0.329 e. The van der Waals surface area contributed by atoms with Gasteiger partial charge in [-0.2, -0.15) is 5.10 Å². The zero-order valence-corrected chi connectivity index (χ0v) is 11.7. The van der Waals surface area contributed by atoms with Crippen LogP contribution in [0.1, 0.15) is 12.5 Å². The van der Waals surface area contributed by atoms with Gasteiger partial charge in [0.1, 0.15) is 5.82 Å². The number of benzene rings is 1. The predicted octanol–water partition coefficient (Wildman–Crippen LogP) is 1.70. The lowest BCUT2D eigenvalue weighted by molar-refractivity contribution is -0.136. The molecule has 112 valence electrons. The van der Waals surface area contributed by atoms with Crippen molar-refractivity contribution < 1.29 is 14.0 Å². The van der Waals surface area contributed by atoms with Crippen molar-refractivity contribution in [3.8, 4) is 0 Å². The molecule has 6 nitrogen and oxygen atoms in total. The average molecular weight is 300 g/mol. The van der Waals surface area contributed by atoms with Crippen LogP contribution in [0.5, 0.6) is 0 Å². The Bertz CT molecular complexity index is 716. The highest BCUT2D eigenvalue weighted by Crippen LogP contribution is 2.11. The highest BCUT2D eigenvalue weighted by atomic mass is 19.1. The third-order valence-electron chi connectivity index (χ3n) is 2.75. The maximum atomic E-state index is 13.4. The van der Waals surface area contributed by atoms with Gasteiger partial charge in [0.2, 0.25) is 0 Å². The fraction of sp³-hybridized carbons (Fsp3) is 0.0667. The van der Waals surface area contributed by atoms with Gasteiger partial charge in [-0.25, -0.2) is 9.82 Å². The number of nitrogens with one attached hydrogen (secondary N) is 2. The van der Waals surface area contributed by atoms with Gasteiger partial charge in [-0.3, -0.25) is 14.6 Å². The summed E-state index contributed by atoms with van der Waals surface area (Å²) in [5.41, 5.74) is 3.31. The van der Waals surface area contributed by atoms with Crippen molar-refractivity contribution >= 4 is 23.2 Å². The summed E-state index contributed by atoms with van der Waals surface area (Å²) in [4.78, 5) is 27.1. The highest BCUT2D eigenvalue weighted by molar-refractivity contribution is 6.39. The standard InChI is InChI=1S/C15H13FN4O2/c1-10(11-6-8-17-9-7-11)19-20-15(22)14(21)18-13-5-3-2-4-12(13)16/h2-9H,1H3,(H,18,21)(H,20,22)/b19-10+. The van der Waals surface area contributed by atoms with Crippen LogP contribution in [0.2, 0.25) is 0 Å². The molecule has 0 radical (unpaired) electrons. The summed E-state index contributed by atoms with van der Waals surface area (Å²) in [7, 11) is 0. The molecule has 0 bridgehead atoms. The Labute approximate surface area is 126 Å². The van der Waals surface area contributed by atoms with Crippen LogP contribution in [0.4, 0.5) is 10.1 Å². The van der Waals surface area contributed by atoms with Gasteiger partial charge in [0.25, 0.3) is 0 Å². The van der Waals surface area contributed by atoms with E-state index in [-0.39, 0.29) is 5.69 Å². The number of nitrogens with zero attached hydrogens (tertiary/aromatic N) is 2. The molecule has 2 amide bonds. The van der Waals surface area contributed by atoms with E-state index in [9.17, 15) is 14.0 Å². The molecule has 0 saturated heterocycles. The van der Waals surface area contributed by atoms with Crippen LogP contribution in [0.15, 0.2) is 53.9 Å². The Balaban J connectivity index is 1.97. The first-order valence-electron chi connectivity index (χ1n) is 6.38. The summed E-state index contributed by atoms with van der Waals surface area (Å²) in [6.45, 7) is 1.67. The normalized spacial score (nSPS) is 10.9. The van der Waals surface area contributed by atoms with Crippen molar-refractivity contribution in [1.82, 2.24) is 10.4 Å². The second kappa shape index (κ2) is 7.07. The first kappa shape index (κ1) is 15.3. The topological polar surface area (TPSA) is 83.5 Å². The van der Waals surface area contributed by atoms with E-state index in [0.29, 0.717) is 5.71 Å². The third-order valence-corrected chi connectivity index (χ3v) is 2.75. The fourth-order valence-electron chi connectivity index (χ4n) is 1.58. The van der Waals surface area contributed by atoms with Crippen molar-refractivity contribution in [3.05, 3.63) is 60.2 Å². The van der Waals surface area contributed by atoms with Gasteiger partial charge in [0, 0.05) is 18.0 Å². The number of aromatic nitrogens is 1. The number of rotatable bonds is 3. The van der Waals surface area contributed by atoms with E-state index in [1.807, 2.05) is 0 Å². The second-order valence-electron chi connectivity index (χ2n) is 4.31. The van der Waals surface area contributed by atoms with E-state index in [0.717, 1.165) is 5.56 Å². The van der Waals surface area contributed by atoms with E-state index < -0.39 is 17.6 Å². The number of pyridine rings is 1. The van der Waals surface area contributed by atoms with Crippen molar-refractivity contribution in [3.63, 3.8) is 0 Å². The summed E-state index contributed by atoms with van der Waals surface area (Å²) in [5.74, 6) is -2.62. The molecule has 22 heavy (non-hydrogen) atoms. The molecule has 7 heteroatoms. The summed E-state index contributed by atoms with van der Waals surface area (Å²) in [5, 5.41) is 5.98. The Morgan fingerprint density at radius 1 is 1.09 bits per heavy atom. The highest BCUT2D eigenvalue weighted by Gasteiger charge is 2.14. The van der Waals surface area contributed by atoms with Crippen LogP contribution < -0.4 is 10.7 Å². The number of anilines is 1. The van der Waals surface area contributed by atoms with Gasteiger partial charge in [0.05, 0.1) is 11.4 Å². The summed E-state index contributed by atoms with van der Waals surface area (Å²) < 4.78 is 13.4. The molecular formula is C15H13FN4O2. The van der Waals surface area contributed by atoms with Crippen LogP contribution >= 0.6 is 0 Å². The molecule has 2 aromatic rings. The van der Waals surface area contributed by atoms with Crippen LogP contribution in [-0.2, 0) is 9.59 Å². The number of halogens is 1. The molecule has 0 aliphatic rings. The first-order chi connectivity index (χ1) is 10.6. The summed E-state index contributed by atoms with van der Waals surface area (Å²) in [6.07, 6.45) is 3.17. The van der Waals surface area contributed by atoms with E-state index in [1.165, 1.54) is 18.2 Å². The molecule has 2 N–H and O–H groups in total. The number of amides is 2. The quantitative estimate of drug-likeness (QED) is 0.514. The third kappa shape index (κ3) is 3.95. The lowest BCUT2D eigenvalue weighted by atomic mass is 10.2. The zero-order valence-electron chi connectivity index (χ0n) is 11.7. The van der Waals surface area contributed by atoms with Crippen LogP contribution in [0, 0.1) is 5.82 Å². The second-order valence-corrected chi connectivity index (χ2v) is 4.31. The van der Waals surface area contributed by atoms with Crippen molar-refractivity contribution in [2.75, 3.05) is 5.32 Å². The average Bonchev–Trinajstić information content (AvgIpc) is 2.55. The lowest BCUT2D eigenvalue weighted by Crippen LogP contribution is -2.33. The van der Waals surface area contributed by atoms with Crippen LogP contribution in [0.3, 0.4) is 0 Å². The number of carbonyl (C=O) groups is 2. The van der Waals surface area contributed by atoms with Gasteiger partial charge in [-0.15, -0.1) is 0 Å². The van der Waals surface area contributed by atoms with Gasteiger partial charge < -0.3 is 5.32 Å². The molecule has 0 aliphatic heterocycles. The van der Waals surface area contributed by atoms with Crippen molar-refractivity contribution in [2.45, 2.75) is 6.92 Å². The Morgan fingerprint density at radius 3 is 2.45 bits per heavy atom. The van der Waals surface area contributed by atoms with Gasteiger partial charge in [0.15, 0.2) is 0 Å². The molecule has 0 atom stereocenters. The van der Waals surface area contributed by atoms with Crippen molar-refractivity contribution in [1.29, 1.82) is 0 Å². The molecule has 1 aromatic carbocycles. The molecule has 1 aromatic heterocycles. The summed E-state index contributed by atoms with van der Waals surface area (Å²) >= 11 is 0. The Hall–Kier alpha value is -3.09. The number of hydrogen-bond acceptors (Lipinski definition) is 4. The molecule has 1 heterocycles. The van der Waals surface area contributed by atoms with E-state index in [2.05, 4.69) is 20.8 Å². The molecule has 0 fully saturated rings. The number of para-hydroxylation sites is 1. The summed E-state index contributed by atoms with van der Waals surface area (Å²) in [6, 6.07) is 8.98. The largest absolute Gasteiger partial charge is 0.329 e.